The Kier molecular flexibility index (Phi) is 3.60. The van der Waals surface area contributed by atoms with Crippen molar-refractivity contribution in [3.63, 3.8) is 0 Å². The number of hydrogen-bond acceptors (Lipinski definition) is 4. The summed E-state index contributed by atoms with van der Waals surface area (Å²) in [7, 11) is 0. The second kappa shape index (κ2) is 5.16. The maximum atomic E-state index is 6.10. The Hall–Kier alpha value is -1.91. The van der Waals surface area contributed by atoms with Crippen molar-refractivity contribution in [3.8, 4) is 11.4 Å². The number of nitrogens with zero attached hydrogens (tertiary/aromatic N) is 4. The van der Waals surface area contributed by atoms with E-state index < -0.39 is 0 Å². The number of tetrazole rings is 1. The zero-order chi connectivity index (χ0) is 13.1. The number of nitrogen functional groups attached to an aromatic ring is 1. The molecule has 1 aromatic carbocycles. The average Bonchev–Trinajstić information content (AvgIpc) is 2.80. The monoisotopic (exact) mass is 245 g/mol. The van der Waals surface area contributed by atoms with Crippen LogP contribution in [0.25, 0.3) is 11.4 Å². The first-order chi connectivity index (χ1) is 8.63. The minimum atomic E-state index is 0.540. The van der Waals surface area contributed by atoms with Crippen LogP contribution in [0.2, 0.25) is 0 Å². The van der Waals surface area contributed by atoms with Gasteiger partial charge in [-0.2, -0.15) is 0 Å². The van der Waals surface area contributed by atoms with Gasteiger partial charge in [0.2, 0.25) is 0 Å². The number of hydrogen-bond donors (Lipinski definition) is 1. The number of aryl methyl sites for hydroxylation is 1. The number of para-hydroxylation sites is 1. The molecule has 0 saturated carbocycles. The number of anilines is 1. The maximum absolute atomic E-state index is 6.10. The van der Waals surface area contributed by atoms with Gasteiger partial charge in [-0.25, -0.2) is 4.68 Å². The molecule has 2 N–H and O–H groups in total. The molecule has 0 aliphatic heterocycles. The molecule has 0 spiro atoms. The Balaban J connectivity index is 2.39. The van der Waals surface area contributed by atoms with Crippen molar-refractivity contribution in [1.29, 1.82) is 0 Å². The molecule has 5 heteroatoms. The highest BCUT2D eigenvalue weighted by Crippen LogP contribution is 2.26. The maximum Gasteiger partial charge on any atom is 0.184 e. The zero-order valence-electron chi connectivity index (χ0n) is 11.1. The molecular weight excluding hydrogens is 226 g/mol. The molecule has 18 heavy (non-hydrogen) atoms. The predicted octanol–water partition coefficient (Wildman–Crippen LogP) is 2.28. The smallest absolute Gasteiger partial charge is 0.184 e. The first-order valence-corrected chi connectivity index (χ1v) is 6.25. The van der Waals surface area contributed by atoms with E-state index in [4.69, 9.17) is 5.73 Å². The number of nitrogens with two attached hydrogens (primary N) is 1. The van der Waals surface area contributed by atoms with Crippen molar-refractivity contribution in [2.45, 2.75) is 33.7 Å². The summed E-state index contributed by atoms with van der Waals surface area (Å²) in [4.78, 5) is 0. The lowest BCUT2D eigenvalue weighted by Crippen LogP contribution is -2.10. The highest BCUT2D eigenvalue weighted by atomic mass is 15.5. The summed E-state index contributed by atoms with van der Waals surface area (Å²) in [5.74, 6) is 1.29. The summed E-state index contributed by atoms with van der Waals surface area (Å²) in [5.41, 5.74) is 8.80. The minimum Gasteiger partial charge on any atom is -0.398 e. The van der Waals surface area contributed by atoms with Gasteiger partial charge >= 0.3 is 0 Å². The van der Waals surface area contributed by atoms with Crippen molar-refractivity contribution in [2.75, 3.05) is 5.73 Å². The van der Waals surface area contributed by atoms with E-state index in [1.54, 1.807) is 0 Å². The third-order valence-electron chi connectivity index (χ3n) is 3.28. The Morgan fingerprint density at radius 2 is 2.17 bits per heavy atom. The van der Waals surface area contributed by atoms with E-state index in [-0.39, 0.29) is 0 Å². The first kappa shape index (κ1) is 12.5. The minimum absolute atomic E-state index is 0.540. The molecule has 0 saturated heterocycles. The molecule has 0 amide bonds. The van der Waals surface area contributed by atoms with Crippen molar-refractivity contribution < 1.29 is 0 Å². The van der Waals surface area contributed by atoms with E-state index in [0.29, 0.717) is 5.92 Å². The van der Waals surface area contributed by atoms with Crippen molar-refractivity contribution >= 4 is 5.69 Å². The molecule has 0 radical (unpaired) electrons. The lowest BCUT2D eigenvalue weighted by atomic mass is 10.1. The van der Waals surface area contributed by atoms with Crippen LogP contribution in [0.5, 0.6) is 0 Å². The van der Waals surface area contributed by atoms with E-state index in [2.05, 4.69) is 29.4 Å². The second-order valence-corrected chi connectivity index (χ2v) is 4.73. The summed E-state index contributed by atoms with van der Waals surface area (Å²) in [5, 5.41) is 11.9. The van der Waals surface area contributed by atoms with Crippen molar-refractivity contribution in [3.05, 3.63) is 23.8 Å². The number of rotatable bonds is 4. The summed E-state index contributed by atoms with van der Waals surface area (Å²) in [6.45, 7) is 7.15. The summed E-state index contributed by atoms with van der Waals surface area (Å²) in [6, 6.07) is 5.92. The summed E-state index contributed by atoms with van der Waals surface area (Å²) >= 11 is 0. The number of aromatic nitrogens is 4. The normalized spacial score (nSPS) is 12.6. The second-order valence-electron chi connectivity index (χ2n) is 4.73. The third kappa shape index (κ3) is 2.34. The lowest BCUT2D eigenvalue weighted by molar-refractivity contribution is 0.434. The molecule has 1 unspecified atom stereocenters. The van der Waals surface area contributed by atoms with Crippen LogP contribution < -0.4 is 5.73 Å². The topological polar surface area (TPSA) is 69.6 Å². The van der Waals surface area contributed by atoms with Crippen LogP contribution in [0.1, 0.15) is 25.8 Å². The van der Waals surface area contributed by atoms with Gasteiger partial charge in [0.05, 0.1) is 0 Å². The average molecular weight is 245 g/mol. The van der Waals surface area contributed by atoms with Gasteiger partial charge in [0, 0.05) is 17.8 Å². The Morgan fingerprint density at radius 1 is 1.39 bits per heavy atom. The molecule has 1 aromatic heterocycles. The first-order valence-electron chi connectivity index (χ1n) is 6.25. The van der Waals surface area contributed by atoms with Gasteiger partial charge < -0.3 is 5.73 Å². The van der Waals surface area contributed by atoms with Crippen LogP contribution in [-0.2, 0) is 6.54 Å². The molecule has 1 heterocycles. The van der Waals surface area contributed by atoms with Crippen LogP contribution in [0, 0.1) is 12.8 Å². The van der Waals surface area contributed by atoms with Crippen LogP contribution in [0.4, 0.5) is 5.69 Å². The van der Waals surface area contributed by atoms with Crippen LogP contribution in [-0.4, -0.2) is 20.2 Å². The Bertz CT molecular complexity index is 532. The van der Waals surface area contributed by atoms with Gasteiger partial charge in [-0.05, 0) is 34.9 Å². The molecule has 0 fully saturated rings. The SMILES string of the molecule is CCC(C)Cn1nnnc1-c1cccc(C)c1N. The fourth-order valence-electron chi connectivity index (χ4n) is 1.82. The van der Waals surface area contributed by atoms with Crippen LogP contribution in [0.3, 0.4) is 0 Å². The van der Waals surface area contributed by atoms with Gasteiger partial charge in [-0.3, -0.25) is 0 Å². The van der Waals surface area contributed by atoms with Gasteiger partial charge in [-0.15, -0.1) is 5.10 Å². The molecule has 0 aliphatic rings. The van der Waals surface area contributed by atoms with E-state index in [0.717, 1.165) is 35.6 Å². The van der Waals surface area contributed by atoms with Gasteiger partial charge in [0.1, 0.15) is 0 Å². The largest absolute Gasteiger partial charge is 0.398 e. The molecular formula is C13H19N5. The van der Waals surface area contributed by atoms with Gasteiger partial charge in [0.25, 0.3) is 0 Å². The fourth-order valence-corrected chi connectivity index (χ4v) is 1.82. The highest BCUT2D eigenvalue weighted by Gasteiger charge is 2.14. The number of benzene rings is 1. The lowest BCUT2D eigenvalue weighted by Gasteiger charge is -2.11. The molecule has 5 nitrogen and oxygen atoms in total. The van der Waals surface area contributed by atoms with Crippen LogP contribution in [0.15, 0.2) is 18.2 Å². The fraction of sp³-hybridized carbons (Fsp3) is 0.462. The molecule has 0 aliphatic carbocycles. The Labute approximate surface area is 107 Å². The summed E-state index contributed by atoms with van der Waals surface area (Å²) < 4.78 is 1.83. The zero-order valence-corrected chi connectivity index (χ0v) is 11.1. The van der Waals surface area contributed by atoms with Gasteiger partial charge in [0.15, 0.2) is 5.82 Å². The quantitative estimate of drug-likeness (QED) is 0.839. The molecule has 96 valence electrons. The van der Waals surface area contributed by atoms with Crippen molar-refractivity contribution in [2.24, 2.45) is 5.92 Å². The van der Waals surface area contributed by atoms with Crippen LogP contribution >= 0.6 is 0 Å². The molecule has 1 atom stereocenters. The van der Waals surface area contributed by atoms with Gasteiger partial charge in [-0.1, -0.05) is 32.4 Å². The van der Waals surface area contributed by atoms with E-state index in [1.807, 2.05) is 29.8 Å². The van der Waals surface area contributed by atoms with E-state index in [1.165, 1.54) is 0 Å². The van der Waals surface area contributed by atoms with Crippen molar-refractivity contribution in [1.82, 2.24) is 20.2 Å². The summed E-state index contributed by atoms with van der Waals surface area (Å²) in [6.07, 6.45) is 1.10. The van der Waals surface area contributed by atoms with E-state index >= 15 is 0 Å². The molecule has 0 bridgehead atoms. The van der Waals surface area contributed by atoms with E-state index in [9.17, 15) is 0 Å². The predicted molar refractivity (Wildman–Crippen MR) is 71.9 cm³/mol. The molecule has 2 aromatic rings. The molecule has 2 rings (SSSR count). The third-order valence-corrected chi connectivity index (χ3v) is 3.28. The standard InChI is InChI=1S/C13H19N5/c1-4-9(2)8-18-13(15-16-17-18)11-7-5-6-10(3)12(11)14/h5-7,9H,4,8,14H2,1-3H3. The highest BCUT2D eigenvalue weighted by molar-refractivity contribution is 5.73. The Morgan fingerprint density at radius 3 is 2.89 bits per heavy atom.